The highest BCUT2D eigenvalue weighted by molar-refractivity contribution is 9.11. The lowest BCUT2D eigenvalue weighted by molar-refractivity contribution is 0.411. The predicted octanol–water partition coefficient (Wildman–Crippen LogP) is 4.61. The maximum Gasteiger partial charge on any atom is 0.274 e. The Morgan fingerprint density at radius 2 is 1.96 bits per heavy atom. The third kappa shape index (κ3) is 2.78. The number of nitrogens with zero attached hydrogens (tertiary/aromatic N) is 2. The minimum atomic E-state index is -0.0596. The van der Waals surface area contributed by atoms with Crippen molar-refractivity contribution in [2.45, 2.75) is 13.8 Å². The van der Waals surface area contributed by atoms with Crippen molar-refractivity contribution in [3.63, 3.8) is 0 Å². The van der Waals surface area contributed by atoms with Gasteiger partial charge in [0.2, 0.25) is 0 Å². The van der Waals surface area contributed by atoms with E-state index in [4.69, 9.17) is 4.74 Å². The number of imidazole rings is 1. The summed E-state index contributed by atoms with van der Waals surface area (Å²) in [5.74, 6) is 0.690. The monoisotopic (exact) mass is 492 g/mol. The van der Waals surface area contributed by atoms with Gasteiger partial charge in [0, 0.05) is 10.0 Å². The van der Waals surface area contributed by atoms with Gasteiger partial charge in [0.05, 0.1) is 27.1 Å². The van der Waals surface area contributed by atoms with Crippen molar-refractivity contribution < 1.29 is 4.74 Å². The normalized spacial score (nSPS) is 12.4. The smallest absolute Gasteiger partial charge is 0.274 e. The number of thiazole rings is 1. The lowest BCUT2D eigenvalue weighted by Crippen LogP contribution is -2.22. The van der Waals surface area contributed by atoms with Gasteiger partial charge in [-0.15, -0.1) is 0 Å². The lowest BCUT2D eigenvalue weighted by Gasteiger charge is -2.07. The third-order valence-corrected chi connectivity index (χ3v) is 6.22. The second-order valence-corrected chi connectivity index (χ2v) is 8.88. The molecule has 0 bridgehead atoms. The Labute approximate surface area is 170 Å². The minimum absolute atomic E-state index is 0.0596. The summed E-state index contributed by atoms with van der Waals surface area (Å²) in [6, 6.07) is 7.93. The van der Waals surface area contributed by atoms with Crippen molar-refractivity contribution in [3.05, 3.63) is 64.8 Å². The van der Waals surface area contributed by atoms with Gasteiger partial charge in [-0.2, -0.15) is 0 Å². The molecule has 0 amide bonds. The highest BCUT2D eigenvalue weighted by Crippen LogP contribution is 2.33. The average molecular weight is 494 g/mol. The van der Waals surface area contributed by atoms with Crippen LogP contribution in [0.5, 0.6) is 5.75 Å². The van der Waals surface area contributed by atoms with Crippen molar-refractivity contribution in [2.24, 2.45) is 0 Å². The second-order valence-electron chi connectivity index (χ2n) is 6.11. The molecule has 132 valence electrons. The molecule has 4 nitrogen and oxygen atoms in total. The number of hydrogen-bond acceptors (Lipinski definition) is 4. The van der Waals surface area contributed by atoms with Crippen molar-refractivity contribution in [1.82, 2.24) is 9.38 Å². The Morgan fingerprint density at radius 3 is 2.69 bits per heavy atom. The van der Waals surface area contributed by atoms with E-state index in [0.29, 0.717) is 15.2 Å². The standard InChI is InChI=1S/C19H14Br2N2O2S/c1-9-4-10(2)16-14(5-9)23-18(24)15(26-19(23)22-16)7-11-6-12(20)8-13(21)17(11)25-3/h4-8H,1-3H3/b15-7+. The molecule has 0 N–H and O–H groups in total. The SMILES string of the molecule is COc1c(Br)cc(Br)cc1/C=c1/sc2nc3c(C)cc(C)cc3n2c1=O. The molecule has 0 aliphatic rings. The lowest BCUT2D eigenvalue weighted by atomic mass is 10.1. The van der Waals surface area contributed by atoms with E-state index in [1.165, 1.54) is 11.3 Å². The molecule has 0 spiro atoms. The topological polar surface area (TPSA) is 43.6 Å². The van der Waals surface area contributed by atoms with Crippen LogP contribution in [-0.2, 0) is 0 Å². The summed E-state index contributed by atoms with van der Waals surface area (Å²) in [4.78, 5) is 18.4. The first-order valence-corrected chi connectivity index (χ1v) is 10.3. The van der Waals surface area contributed by atoms with Gasteiger partial charge < -0.3 is 4.74 Å². The van der Waals surface area contributed by atoms with E-state index < -0.39 is 0 Å². The van der Waals surface area contributed by atoms with E-state index in [1.54, 1.807) is 11.5 Å². The summed E-state index contributed by atoms with van der Waals surface area (Å²) in [6.07, 6.45) is 1.85. The van der Waals surface area contributed by atoms with Gasteiger partial charge in [-0.05, 0) is 65.2 Å². The van der Waals surface area contributed by atoms with Crippen LogP contribution in [0.1, 0.15) is 16.7 Å². The number of aryl methyl sites for hydroxylation is 2. The summed E-state index contributed by atoms with van der Waals surface area (Å²) in [5.41, 5.74) is 4.71. The minimum Gasteiger partial charge on any atom is -0.495 e. The number of aromatic nitrogens is 2. The van der Waals surface area contributed by atoms with Crippen LogP contribution in [0.2, 0.25) is 0 Å². The third-order valence-electron chi connectivity index (χ3n) is 4.21. The molecule has 0 atom stereocenters. The summed E-state index contributed by atoms with van der Waals surface area (Å²) < 4.78 is 9.53. The maximum absolute atomic E-state index is 13.0. The van der Waals surface area contributed by atoms with Crippen molar-refractivity contribution in [1.29, 1.82) is 0 Å². The molecule has 0 saturated carbocycles. The van der Waals surface area contributed by atoms with Gasteiger partial charge in [-0.25, -0.2) is 9.38 Å². The van der Waals surface area contributed by atoms with Crippen LogP contribution in [0.3, 0.4) is 0 Å². The van der Waals surface area contributed by atoms with Crippen molar-refractivity contribution in [3.8, 4) is 5.75 Å². The van der Waals surface area contributed by atoms with Crippen LogP contribution in [0, 0.1) is 13.8 Å². The zero-order chi connectivity index (χ0) is 18.6. The van der Waals surface area contributed by atoms with Crippen LogP contribution >= 0.6 is 43.2 Å². The average Bonchev–Trinajstić information content (AvgIpc) is 3.05. The highest BCUT2D eigenvalue weighted by Gasteiger charge is 2.14. The van der Waals surface area contributed by atoms with E-state index in [2.05, 4.69) is 42.9 Å². The molecule has 4 rings (SSSR count). The number of fused-ring (bicyclic) bond motifs is 3. The number of rotatable bonds is 2. The first kappa shape index (κ1) is 17.7. The first-order chi connectivity index (χ1) is 12.4. The fourth-order valence-corrected chi connectivity index (χ4v) is 5.55. The number of hydrogen-bond donors (Lipinski definition) is 0. The predicted molar refractivity (Wildman–Crippen MR) is 113 cm³/mol. The summed E-state index contributed by atoms with van der Waals surface area (Å²) in [5, 5.41) is 0. The molecule has 2 aromatic carbocycles. The van der Waals surface area contributed by atoms with Gasteiger partial charge in [0.25, 0.3) is 5.56 Å². The Kier molecular flexibility index (Phi) is 4.41. The van der Waals surface area contributed by atoms with Gasteiger partial charge in [0.1, 0.15) is 5.75 Å². The zero-order valence-corrected chi connectivity index (χ0v) is 18.3. The quantitative estimate of drug-likeness (QED) is 0.409. The van der Waals surface area contributed by atoms with Gasteiger partial charge in [0.15, 0.2) is 4.96 Å². The summed E-state index contributed by atoms with van der Waals surface area (Å²) in [7, 11) is 1.61. The molecule has 0 radical (unpaired) electrons. The maximum atomic E-state index is 13.0. The van der Waals surface area contributed by atoms with Crippen LogP contribution in [0.25, 0.3) is 22.1 Å². The highest BCUT2D eigenvalue weighted by atomic mass is 79.9. The first-order valence-electron chi connectivity index (χ1n) is 7.86. The van der Waals surface area contributed by atoms with E-state index >= 15 is 0 Å². The van der Waals surface area contributed by atoms with Crippen molar-refractivity contribution >= 4 is 65.3 Å². The fraction of sp³-hybridized carbons (Fsp3) is 0.158. The Balaban J connectivity index is 2.04. The van der Waals surface area contributed by atoms with Gasteiger partial charge in [-0.3, -0.25) is 4.79 Å². The molecular formula is C19H14Br2N2O2S. The molecule has 7 heteroatoms. The molecule has 2 aromatic heterocycles. The van der Waals surface area contributed by atoms with Crippen LogP contribution in [0.4, 0.5) is 0 Å². The van der Waals surface area contributed by atoms with E-state index in [-0.39, 0.29) is 5.56 Å². The molecule has 0 aliphatic carbocycles. The number of benzene rings is 2. The number of ether oxygens (including phenoxy) is 1. The molecule has 2 heterocycles. The molecule has 4 aromatic rings. The van der Waals surface area contributed by atoms with E-state index in [9.17, 15) is 4.79 Å². The van der Waals surface area contributed by atoms with Crippen LogP contribution < -0.4 is 14.8 Å². The summed E-state index contributed by atoms with van der Waals surface area (Å²) >= 11 is 8.37. The van der Waals surface area contributed by atoms with Crippen molar-refractivity contribution in [2.75, 3.05) is 7.11 Å². The number of methoxy groups -OCH3 is 1. The zero-order valence-electron chi connectivity index (χ0n) is 14.3. The molecule has 0 saturated heterocycles. The Morgan fingerprint density at radius 1 is 1.19 bits per heavy atom. The second kappa shape index (κ2) is 6.48. The fourth-order valence-electron chi connectivity index (χ4n) is 3.15. The summed E-state index contributed by atoms with van der Waals surface area (Å²) in [6.45, 7) is 4.05. The molecule has 26 heavy (non-hydrogen) atoms. The van der Waals surface area contributed by atoms with Crippen LogP contribution in [-0.4, -0.2) is 16.5 Å². The Bertz CT molecular complexity index is 1290. The van der Waals surface area contributed by atoms with E-state index in [0.717, 1.165) is 36.7 Å². The van der Waals surface area contributed by atoms with Gasteiger partial charge in [-0.1, -0.05) is 33.3 Å². The molecule has 0 unspecified atom stereocenters. The largest absolute Gasteiger partial charge is 0.495 e. The molecular weight excluding hydrogens is 480 g/mol. The van der Waals surface area contributed by atoms with Crippen LogP contribution in [0.15, 0.2) is 38.0 Å². The Hall–Kier alpha value is -1.70. The molecule has 0 fully saturated rings. The number of halogens is 2. The molecule has 0 aliphatic heterocycles. The van der Waals surface area contributed by atoms with E-state index in [1.807, 2.05) is 38.1 Å². The van der Waals surface area contributed by atoms with Gasteiger partial charge >= 0.3 is 0 Å².